The maximum atomic E-state index is 12.5. The smallest absolute Gasteiger partial charge is 0.240 e. The van der Waals surface area contributed by atoms with Gasteiger partial charge in [-0.1, -0.05) is 38.1 Å². The summed E-state index contributed by atoms with van der Waals surface area (Å²) in [4.78, 5) is 12.5. The van der Waals surface area contributed by atoms with Crippen LogP contribution in [-0.2, 0) is 16.0 Å². The van der Waals surface area contributed by atoms with E-state index in [-0.39, 0.29) is 17.4 Å². The second kappa shape index (κ2) is 6.39. The lowest BCUT2D eigenvalue weighted by atomic mass is 9.54. The molecule has 2 unspecified atom stereocenters. The fourth-order valence-corrected chi connectivity index (χ4v) is 3.18. The molecule has 1 saturated carbocycles. The van der Waals surface area contributed by atoms with Gasteiger partial charge in [-0.15, -0.1) is 0 Å². The molecule has 0 saturated heterocycles. The van der Waals surface area contributed by atoms with Gasteiger partial charge in [0.15, 0.2) is 0 Å². The molecule has 1 amide bonds. The van der Waals surface area contributed by atoms with Crippen LogP contribution in [0.25, 0.3) is 0 Å². The largest absolute Gasteiger partial charge is 0.378 e. The van der Waals surface area contributed by atoms with Gasteiger partial charge in [0.2, 0.25) is 5.91 Å². The first-order chi connectivity index (χ1) is 10.3. The van der Waals surface area contributed by atoms with Gasteiger partial charge in [0, 0.05) is 25.0 Å². The van der Waals surface area contributed by atoms with Crippen LogP contribution in [0.4, 0.5) is 0 Å². The Bertz CT molecular complexity index is 542. The predicted molar refractivity (Wildman–Crippen MR) is 88.6 cm³/mol. The number of hydrogen-bond donors (Lipinski definition) is 2. The van der Waals surface area contributed by atoms with Crippen LogP contribution in [0.5, 0.6) is 0 Å². The molecule has 4 heteroatoms. The van der Waals surface area contributed by atoms with Crippen molar-refractivity contribution in [1.82, 2.24) is 5.32 Å². The Balaban J connectivity index is 1.89. The van der Waals surface area contributed by atoms with Crippen molar-refractivity contribution >= 4 is 5.91 Å². The highest BCUT2D eigenvalue weighted by Crippen LogP contribution is 2.49. The summed E-state index contributed by atoms with van der Waals surface area (Å²) in [5, 5.41) is 3.00. The van der Waals surface area contributed by atoms with Crippen molar-refractivity contribution in [2.75, 3.05) is 13.2 Å². The molecule has 0 heterocycles. The molecular formula is C18H28N2O2. The van der Waals surface area contributed by atoms with Crippen molar-refractivity contribution in [3.8, 4) is 0 Å². The third-order valence-corrected chi connectivity index (χ3v) is 5.18. The average Bonchev–Trinajstić information content (AvgIpc) is 2.48. The van der Waals surface area contributed by atoms with Gasteiger partial charge in [0.1, 0.15) is 5.54 Å². The highest BCUT2D eigenvalue weighted by molar-refractivity contribution is 5.88. The van der Waals surface area contributed by atoms with Crippen molar-refractivity contribution in [2.45, 2.75) is 52.2 Å². The predicted octanol–water partition coefficient (Wildman–Crippen LogP) is 2.19. The molecule has 1 aliphatic carbocycles. The number of rotatable bonds is 6. The fraction of sp³-hybridized carbons (Fsp3) is 0.611. The monoisotopic (exact) mass is 304 g/mol. The normalized spacial score (nSPS) is 26.3. The minimum absolute atomic E-state index is 0.0598. The number of amides is 1. The fourth-order valence-electron chi connectivity index (χ4n) is 3.18. The zero-order valence-electron chi connectivity index (χ0n) is 14.1. The molecule has 122 valence electrons. The molecule has 0 radical (unpaired) electrons. The lowest BCUT2D eigenvalue weighted by Crippen LogP contribution is -2.75. The molecule has 0 bridgehead atoms. The summed E-state index contributed by atoms with van der Waals surface area (Å²) in [5.74, 6) is -0.0676. The maximum Gasteiger partial charge on any atom is 0.240 e. The van der Waals surface area contributed by atoms with Gasteiger partial charge in [0.05, 0.1) is 6.10 Å². The van der Waals surface area contributed by atoms with Gasteiger partial charge in [-0.05, 0) is 31.4 Å². The van der Waals surface area contributed by atoms with Gasteiger partial charge in [-0.3, -0.25) is 4.79 Å². The quantitative estimate of drug-likeness (QED) is 0.846. The van der Waals surface area contributed by atoms with Crippen molar-refractivity contribution in [2.24, 2.45) is 11.1 Å². The van der Waals surface area contributed by atoms with Crippen molar-refractivity contribution in [3.05, 3.63) is 35.4 Å². The first-order valence-corrected chi connectivity index (χ1v) is 8.06. The van der Waals surface area contributed by atoms with Crippen molar-refractivity contribution < 1.29 is 9.53 Å². The van der Waals surface area contributed by atoms with Crippen LogP contribution < -0.4 is 11.1 Å². The summed E-state index contributed by atoms with van der Waals surface area (Å²) in [7, 11) is 0. The molecule has 4 nitrogen and oxygen atoms in total. The molecule has 1 aromatic carbocycles. The van der Waals surface area contributed by atoms with E-state index in [1.807, 2.05) is 32.9 Å². The molecule has 1 fully saturated rings. The van der Waals surface area contributed by atoms with Crippen LogP contribution in [-0.4, -0.2) is 30.7 Å². The third kappa shape index (κ3) is 2.90. The molecule has 0 spiro atoms. The second-order valence-electron chi connectivity index (χ2n) is 6.77. The van der Waals surface area contributed by atoms with E-state index in [0.717, 1.165) is 6.42 Å². The van der Waals surface area contributed by atoms with E-state index in [0.29, 0.717) is 19.6 Å². The Labute approximate surface area is 133 Å². The summed E-state index contributed by atoms with van der Waals surface area (Å²) >= 11 is 0. The SMILES string of the molecule is CCOC1CC(N)(C(=O)NCCc2ccccc2C)C1(C)C. The van der Waals surface area contributed by atoms with Crippen molar-refractivity contribution in [3.63, 3.8) is 0 Å². The molecule has 1 aromatic rings. The van der Waals surface area contributed by atoms with Crippen LogP contribution in [0.3, 0.4) is 0 Å². The third-order valence-electron chi connectivity index (χ3n) is 5.18. The van der Waals surface area contributed by atoms with Gasteiger partial charge >= 0.3 is 0 Å². The number of hydrogen-bond acceptors (Lipinski definition) is 3. The summed E-state index contributed by atoms with van der Waals surface area (Å²) in [6.07, 6.45) is 1.47. The molecule has 0 aromatic heterocycles. The summed E-state index contributed by atoms with van der Waals surface area (Å²) in [6, 6.07) is 8.23. The standard InChI is InChI=1S/C18H28N2O2/c1-5-22-15-12-18(19,17(15,3)4)16(21)20-11-10-14-9-7-6-8-13(14)2/h6-9,15H,5,10-12,19H2,1-4H3,(H,20,21). The highest BCUT2D eigenvalue weighted by Gasteiger charge is 2.62. The summed E-state index contributed by atoms with van der Waals surface area (Å²) < 4.78 is 5.67. The Hall–Kier alpha value is -1.39. The summed E-state index contributed by atoms with van der Waals surface area (Å²) in [6.45, 7) is 9.34. The number of nitrogens with one attached hydrogen (secondary N) is 1. The summed E-state index contributed by atoms with van der Waals surface area (Å²) in [5.41, 5.74) is 7.70. The van der Waals surface area contributed by atoms with Crippen LogP contribution in [0.1, 0.15) is 38.3 Å². The molecule has 0 aliphatic heterocycles. The van der Waals surface area contributed by atoms with Gasteiger partial charge in [-0.25, -0.2) is 0 Å². The number of aryl methyl sites for hydroxylation is 1. The highest BCUT2D eigenvalue weighted by atomic mass is 16.5. The number of carbonyl (C=O) groups excluding carboxylic acids is 1. The molecule has 3 N–H and O–H groups in total. The first kappa shape index (κ1) is 17.0. The van der Waals surface area contributed by atoms with E-state index >= 15 is 0 Å². The van der Waals surface area contributed by atoms with Crippen LogP contribution in [0, 0.1) is 12.3 Å². The lowest BCUT2D eigenvalue weighted by Gasteiger charge is -2.57. The van der Waals surface area contributed by atoms with E-state index in [1.165, 1.54) is 11.1 Å². The molecule has 22 heavy (non-hydrogen) atoms. The maximum absolute atomic E-state index is 12.5. The molecular weight excluding hydrogens is 276 g/mol. The number of nitrogens with two attached hydrogens (primary N) is 1. The minimum atomic E-state index is -0.835. The second-order valence-corrected chi connectivity index (χ2v) is 6.77. The average molecular weight is 304 g/mol. The zero-order chi connectivity index (χ0) is 16.4. The Morgan fingerprint density at radius 3 is 2.68 bits per heavy atom. The number of ether oxygens (including phenoxy) is 1. The zero-order valence-corrected chi connectivity index (χ0v) is 14.1. The van der Waals surface area contributed by atoms with Gasteiger partial charge < -0.3 is 15.8 Å². The Kier molecular flexibility index (Phi) is 4.93. The van der Waals surface area contributed by atoms with E-state index in [2.05, 4.69) is 24.4 Å². The molecule has 2 atom stereocenters. The Morgan fingerprint density at radius 1 is 1.41 bits per heavy atom. The lowest BCUT2D eigenvalue weighted by molar-refractivity contribution is -0.170. The van der Waals surface area contributed by atoms with Crippen LogP contribution >= 0.6 is 0 Å². The van der Waals surface area contributed by atoms with Gasteiger partial charge in [-0.2, -0.15) is 0 Å². The number of carbonyl (C=O) groups is 1. The number of benzene rings is 1. The first-order valence-electron chi connectivity index (χ1n) is 8.06. The van der Waals surface area contributed by atoms with E-state index in [4.69, 9.17) is 10.5 Å². The van der Waals surface area contributed by atoms with Crippen LogP contribution in [0.15, 0.2) is 24.3 Å². The van der Waals surface area contributed by atoms with E-state index < -0.39 is 5.54 Å². The Morgan fingerprint density at radius 2 is 2.09 bits per heavy atom. The van der Waals surface area contributed by atoms with Crippen LogP contribution in [0.2, 0.25) is 0 Å². The molecule has 1 aliphatic rings. The van der Waals surface area contributed by atoms with Gasteiger partial charge in [0.25, 0.3) is 0 Å². The van der Waals surface area contributed by atoms with Crippen molar-refractivity contribution in [1.29, 1.82) is 0 Å². The van der Waals surface area contributed by atoms with E-state index in [1.54, 1.807) is 0 Å². The topological polar surface area (TPSA) is 64.3 Å². The minimum Gasteiger partial charge on any atom is -0.378 e. The van der Waals surface area contributed by atoms with E-state index in [9.17, 15) is 4.79 Å². The molecule has 2 rings (SSSR count).